The van der Waals surface area contributed by atoms with Crippen molar-refractivity contribution < 1.29 is 14.8 Å². The lowest BCUT2D eigenvalue weighted by Gasteiger charge is -2.04. The summed E-state index contributed by atoms with van der Waals surface area (Å²) >= 11 is 1.52. The van der Waals surface area contributed by atoms with E-state index in [9.17, 15) is 20.0 Å². The first-order chi connectivity index (χ1) is 9.08. The molecular weight excluding hydrogens is 268 g/mol. The first-order valence-electron chi connectivity index (χ1n) is 5.34. The smallest absolute Gasteiger partial charge is 0.311 e. The van der Waals surface area contributed by atoms with E-state index in [0.29, 0.717) is 6.54 Å². The SMILES string of the molecule is O=C(NCc1ccsc1)c1ccc(O)c([N+](=O)[O-])c1. The zero-order chi connectivity index (χ0) is 13.8. The quantitative estimate of drug-likeness (QED) is 0.663. The van der Waals surface area contributed by atoms with E-state index in [1.54, 1.807) is 0 Å². The Morgan fingerprint density at radius 2 is 2.21 bits per heavy atom. The molecule has 0 spiro atoms. The molecule has 98 valence electrons. The van der Waals surface area contributed by atoms with E-state index < -0.39 is 22.3 Å². The molecule has 1 aromatic carbocycles. The minimum atomic E-state index is -0.731. The number of rotatable bonds is 4. The molecule has 0 fully saturated rings. The molecule has 0 aliphatic carbocycles. The van der Waals surface area contributed by atoms with Crippen LogP contribution in [-0.4, -0.2) is 15.9 Å². The number of thiophene rings is 1. The molecule has 0 bridgehead atoms. The Kier molecular flexibility index (Phi) is 3.76. The molecule has 0 atom stereocenters. The van der Waals surface area contributed by atoms with E-state index >= 15 is 0 Å². The minimum Gasteiger partial charge on any atom is -0.502 e. The molecular formula is C12H10N2O4S. The fourth-order valence-corrected chi connectivity index (χ4v) is 2.16. The van der Waals surface area contributed by atoms with Crippen LogP contribution < -0.4 is 5.32 Å². The number of amides is 1. The summed E-state index contributed by atoms with van der Waals surface area (Å²) < 4.78 is 0. The Hall–Kier alpha value is -2.41. The first kappa shape index (κ1) is 13.0. The fourth-order valence-electron chi connectivity index (χ4n) is 1.49. The van der Waals surface area contributed by atoms with E-state index in [4.69, 9.17) is 0 Å². The van der Waals surface area contributed by atoms with Crippen LogP contribution in [0, 0.1) is 10.1 Å². The third-order valence-electron chi connectivity index (χ3n) is 2.47. The molecule has 6 nitrogen and oxygen atoms in total. The van der Waals surface area contributed by atoms with Gasteiger partial charge in [-0.15, -0.1) is 0 Å². The molecule has 2 aromatic rings. The Labute approximate surface area is 112 Å². The van der Waals surface area contributed by atoms with E-state index in [1.807, 2.05) is 16.8 Å². The van der Waals surface area contributed by atoms with E-state index in [1.165, 1.54) is 17.4 Å². The third kappa shape index (κ3) is 3.08. The topological polar surface area (TPSA) is 92.5 Å². The van der Waals surface area contributed by atoms with Gasteiger partial charge in [0, 0.05) is 18.2 Å². The van der Waals surface area contributed by atoms with Crippen molar-refractivity contribution in [2.24, 2.45) is 0 Å². The van der Waals surface area contributed by atoms with Gasteiger partial charge >= 0.3 is 5.69 Å². The van der Waals surface area contributed by atoms with E-state index in [0.717, 1.165) is 17.7 Å². The van der Waals surface area contributed by atoms with Crippen molar-refractivity contribution in [3.8, 4) is 5.75 Å². The molecule has 1 aromatic heterocycles. The van der Waals surface area contributed by atoms with Crippen LogP contribution in [0.25, 0.3) is 0 Å². The van der Waals surface area contributed by atoms with Crippen molar-refractivity contribution in [3.63, 3.8) is 0 Å². The predicted octanol–water partition coefficient (Wildman–Crippen LogP) is 2.29. The maximum absolute atomic E-state index is 11.8. The number of carbonyl (C=O) groups is 1. The highest BCUT2D eigenvalue weighted by atomic mass is 32.1. The van der Waals surface area contributed by atoms with Crippen molar-refractivity contribution in [1.82, 2.24) is 5.32 Å². The number of nitrogens with zero attached hydrogens (tertiary/aromatic N) is 1. The number of phenolic OH excluding ortho intramolecular Hbond substituents is 1. The zero-order valence-corrected chi connectivity index (χ0v) is 10.5. The molecule has 1 amide bonds. The third-order valence-corrected chi connectivity index (χ3v) is 3.20. The van der Waals surface area contributed by atoms with Crippen molar-refractivity contribution in [2.75, 3.05) is 0 Å². The number of nitro benzene ring substituents is 1. The van der Waals surface area contributed by atoms with Crippen molar-refractivity contribution in [3.05, 3.63) is 56.3 Å². The maximum atomic E-state index is 11.8. The number of nitrogens with one attached hydrogen (secondary N) is 1. The summed E-state index contributed by atoms with van der Waals surface area (Å²) in [5.74, 6) is -0.881. The van der Waals surface area contributed by atoms with Crippen LogP contribution in [-0.2, 0) is 6.54 Å². The fraction of sp³-hybridized carbons (Fsp3) is 0.0833. The molecule has 1 heterocycles. The lowest BCUT2D eigenvalue weighted by Crippen LogP contribution is -2.22. The Morgan fingerprint density at radius 3 is 2.84 bits per heavy atom. The van der Waals surface area contributed by atoms with Gasteiger partial charge in [-0.25, -0.2) is 0 Å². The van der Waals surface area contributed by atoms with Gasteiger partial charge in [-0.1, -0.05) is 0 Å². The monoisotopic (exact) mass is 278 g/mol. The summed E-state index contributed by atoms with van der Waals surface area (Å²) in [6.07, 6.45) is 0. The van der Waals surface area contributed by atoms with Gasteiger partial charge in [0.2, 0.25) is 0 Å². The standard InChI is InChI=1S/C12H10N2O4S/c15-11-2-1-9(5-10(11)14(17)18)12(16)13-6-8-3-4-19-7-8/h1-5,7,15H,6H2,(H,13,16). The average molecular weight is 278 g/mol. The Morgan fingerprint density at radius 1 is 1.42 bits per heavy atom. The number of hydrogen-bond donors (Lipinski definition) is 2. The average Bonchev–Trinajstić information content (AvgIpc) is 2.89. The molecule has 19 heavy (non-hydrogen) atoms. The lowest BCUT2D eigenvalue weighted by atomic mass is 10.1. The minimum absolute atomic E-state index is 0.139. The van der Waals surface area contributed by atoms with Crippen molar-refractivity contribution >= 4 is 22.9 Å². The van der Waals surface area contributed by atoms with Gasteiger partial charge in [-0.2, -0.15) is 11.3 Å². The van der Waals surface area contributed by atoms with Crippen LogP contribution >= 0.6 is 11.3 Å². The number of hydrogen-bond acceptors (Lipinski definition) is 5. The van der Waals surface area contributed by atoms with E-state index in [-0.39, 0.29) is 5.56 Å². The second-order valence-corrected chi connectivity index (χ2v) is 4.55. The van der Waals surface area contributed by atoms with E-state index in [2.05, 4.69) is 5.32 Å². The molecule has 0 saturated heterocycles. The highest BCUT2D eigenvalue weighted by Gasteiger charge is 2.16. The molecule has 0 unspecified atom stereocenters. The highest BCUT2D eigenvalue weighted by molar-refractivity contribution is 7.07. The Bertz CT molecular complexity index is 610. The van der Waals surface area contributed by atoms with Crippen LogP contribution in [0.1, 0.15) is 15.9 Å². The van der Waals surface area contributed by atoms with Crippen molar-refractivity contribution in [1.29, 1.82) is 0 Å². The van der Waals surface area contributed by atoms with Crippen LogP contribution in [0.5, 0.6) is 5.75 Å². The van der Waals surface area contributed by atoms with Gasteiger partial charge in [-0.3, -0.25) is 14.9 Å². The van der Waals surface area contributed by atoms with Gasteiger partial charge in [0.25, 0.3) is 5.91 Å². The van der Waals surface area contributed by atoms with Gasteiger partial charge in [0.05, 0.1) is 4.92 Å². The molecule has 2 N–H and O–H groups in total. The van der Waals surface area contributed by atoms with Crippen LogP contribution in [0.3, 0.4) is 0 Å². The van der Waals surface area contributed by atoms with Gasteiger partial charge in [-0.05, 0) is 34.5 Å². The summed E-state index contributed by atoms with van der Waals surface area (Å²) in [5.41, 5.74) is 0.620. The maximum Gasteiger partial charge on any atom is 0.311 e. The number of aromatic hydroxyl groups is 1. The van der Waals surface area contributed by atoms with Crippen LogP contribution in [0.15, 0.2) is 35.0 Å². The van der Waals surface area contributed by atoms with Crippen molar-refractivity contribution in [2.45, 2.75) is 6.54 Å². The second kappa shape index (κ2) is 5.49. The summed E-state index contributed by atoms with van der Waals surface area (Å²) in [5, 5.41) is 26.4. The van der Waals surface area contributed by atoms with Crippen LogP contribution in [0.2, 0.25) is 0 Å². The normalized spacial score (nSPS) is 10.1. The number of phenols is 1. The largest absolute Gasteiger partial charge is 0.502 e. The number of nitro groups is 1. The number of benzene rings is 1. The molecule has 7 heteroatoms. The second-order valence-electron chi connectivity index (χ2n) is 3.77. The summed E-state index contributed by atoms with van der Waals surface area (Å²) in [6, 6.07) is 5.41. The molecule has 0 aliphatic rings. The summed E-state index contributed by atoms with van der Waals surface area (Å²) in [4.78, 5) is 21.7. The van der Waals surface area contributed by atoms with Gasteiger partial charge < -0.3 is 10.4 Å². The predicted molar refractivity (Wildman–Crippen MR) is 70.3 cm³/mol. The molecule has 0 saturated carbocycles. The molecule has 0 aliphatic heterocycles. The van der Waals surface area contributed by atoms with Gasteiger partial charge in [0.15, 0.2) is 5.75 Å². The first-order valence-corrected chi connectivity index (χ1v) is 6.29. The summed E-state index contributed by atoms with van der Waals surface area (Å²) in [7, 11) is 0. The number of carbonyl (C=O) groups excluding carboxylic acids is 1. The highest BCUT2D eigenvalue weighted by Crippen LogP contribution is 2.26. The molecule has 0 radical (unpaired) electrons. The van der Waals surface area contributed by atoms with Crippen LogP contribution in [0.4, 0.5) is 5.69 Å². The molecule has 2 rings (SSSR count). The lowest BCUT2D eigenvalue weighted by molar-refractivity contribution is -0.385. The summed E-state index contributed by atoms with van der Waals surface area (Å²) in [6.45, 7) is 0.358. The zero-order valence-electron chi connectivity index (χ0n) is 9.70. The Balaban J connectivity index is 2.11. The van der Waals surface area contributed by atoms with Gasteiger partial charge in [0.1, 0.15) is 0 Å².